The minimum atomic E-state index is -0.660. The molecule has 0 aliphatic carbocycles. The summed E-state index contributed by atoms with van der Waals surface area (Å²) in [6, 6.07) is 4.53. The van der Waals surface area contributed by atoms with Crippen LogP contribution >= 0.6 is 59.4 Å². The van der Waals surface area contributed by atoms with Crippen molar-refractivity contribution in [1.82, 2.24) is 10.3 Å². The average Bonchev–Trinajstić information content (AvgIpc) is 2.86. The number of aromatic nitrogens is 1. The SMILES string of the molecule is Cl.Cl.Nc1ncc(CNC(=O)C(N)Cc2ccc(Cl)c(Cl)c2)s1. The van der Waals surface area contributed by atoms with Crippen molar-refractivity contribution in [3.63, 3.8) is 0 Å². The third kappa shape index (κ3) is 6.71. The summed E-state index contributed by atoms with van der Waals surface area (Å²) >= 11 is 13.1. The molecule has 0 fully saturated rings. The highest BCUT2D eigenvalue weighted by Gasteiger charge is 2.14. The molecule has 0 radical (unpaired) electrons. The van der Waals surface area contributed by atoms with Crippen LogP contribution in [0.25, 0.3) is 0 Å². The molecule has 0 saturated carbocycles. The first-order valence-corrected chi connectivity index (χ1v) is 7.70. The lowest BCUT2D eigenvalue weighted by Crippen LogP contribution is -2.41. The standard InChI is InChI=1S/C13H14Cl2N4OS.2ClH/c14-9-2-1-7(3-10(9)15)4-11(16)12(20)18-5-8-6-19-13(17)21-8;;/h1-3,6,11H,4-5,16H2,(H2,17,19)(H,18,20);2*1H. The number of carbonyl (C=O) groups is 1. The lowest BCUT2D eigenvalue weighted by atomic mass is 10.1. The van der Waals surface area contributed by atoms with E-state index in [1.807, 2.05) is 0 Å². The Morgan fingerprint density at radius 2 is 2.00 bits per heavy atom. The second-order valence-electron chi connectivity index (χ2n) is 4.44. The number of nitrogens with two attached hydrogens (primary N) is 2. The van der Waals surface area contributed by atoms with Gasteiger partial charge >= 0.3 is 0 Å². The third-order valence-electron chi connectivity index (χ3n) is 2.78. The number of nitrogen functional groups attached to an aromatic ring is 1. The fourth-order valence-corrected chi connectivity index (χ4v) is 2.67. The molecule has 1 atom stereocenters. The first-order valence-electron chi connectivity index (χ1n) is 6.13. The monoisotopic (exact) mass is 416 g/mol. The predicted octanol–water partition coefficient (Wildman–Crippen LogP) is 3.06. The summed E-state index contributed by atoms with van der Waals surface area (Å²) in [4.78, 5) is 16.7. The van der Waals surface area contributed by atoms with Gasteiger partial charge in [0.1, 0.15) is 0 Å². The number of thiazole rings is 1. The van der Waals surface area contributed by atoms with Crippen LogP contribution in [0.5, 0.6) is 0 Å². The van der Waals surface area contributed by atoms with E-state index in [0.29, 0.717) is 28.1 Å². The van der Waals surface area contributed by atoms with Crippen LogP contribution in [0.15, 0.2) is 24.4 Å². The summed E-state index contributed by atoms with van der Waals surface area (Å²) < 4.78 is 0. The minimum Gasteiger partial charge on any atom is -0.375 e. The predicted molar refractivity (Wildman–Crippen MR) is 101 cm³/mol. The second kappa shape index (κ2) is 10.2. The molecule has 1 aromatic heterocycles. The van der Waals surface area contributed by atoms with Crippen molar-refractivity contribution < 1.29 is 4.79 Å². The van der Waals surface area contributed by atoms with Crippen LogP contribution in [-0.2, 0) is 17.8 Å². The van der Waals surface area contributed by atoms with Crippen LogP contribution in [0.3, 0.4) is 0 Å². The van der Waals surface area contributed by atoms with Crippen LogP contribution in [-0.4, -0.2) is 16.9 Å². The van der Waals surface area contributed by atoms with Crippen molar-refractivity contribution in [1.29, 1.82) is 0 Å². The Balaban J connectivity index is 0.00000242. The number of benzene rings is 1. The maximum Gasteiger partial charge on any atom is 0.237 e. The van der Waals surface area contributed by atoms with E-state index in [9.17, 15) is 4.79 Å². The van der Waals surface area contributed by atoms with Gasteiger partial charge in [-0.3, -0.25) is 4.79 Å². The highest BCUT2D eigenvalue weighted by molar-refractivity contribution is 7.15. The van der Waals surface area contributed by atoms with Gasteiger partial charge in [0, 0.05) is 11.1 Å². The fourth-order valence-electron chi connectivity index (χ4n) is 1.72. The third-order valence-corrected chi connectivity index (χ3v) is 4.35. The molecule has 5 nitrogen and oxygen atoms in total. The van der Waals surface area contributed by atoms with Gasteiger partial charge in [-0.25, -0.2) is 4.98 Å². The molecule has 1 heterocycles. The van der Waals surface area contributed by atoms with Gasteiger partial charge in [-0.2, -0.15) is 0 Å². The molecule has 1 amide bonds. The van der Waals surface area contributed by atoms with Gasteiger partial charge in [0.2, 0.25) is 5.91 Å². The molecule has 10 heteroatoms. The molecule has 1 unspecified atom stereocenters. The van der Waals surface area contributed by atoms with E-state index in [1.165, 1.54) is 11.3 Å². The molecule has 0 saturated heterocycles. The van der Waals surface area contributed by atoms with Gasteiger partial charge in [0.25, 0.3) is 0 Å². The summed E-state index contributed by atoms with van der Waals surface area (Å²) in [7, 11) is 0. The molecule has 0 spiro atoms. The van der Waals surface area contributed by atoms with Crippen LogP contribution in [0.4, 0.5) is 5.13 Å². The molecule has 23 heavy (non-hydrogen) atoms. The first kappa shape index (κ1) is 22.2. The van der Waals surface area contributed by atoms with Gasteiger partial charge in [-0.05, 0) is 24.1 Å². The summed E-state index contributed by atoms with van der Waals surface area (Å²) in [6.45, 7) is 0.364. The quantitative estimate of drug-likeness (QED) is 0.696. The average molecular weight is 418 g/mol. The summed E-state index contributed by atoms with van der Waals surface area (Å²) in [5.41, 5.74) is 12.3. The molecule has 0 bridgehead atoms. The summed E-state index contributed by atoms with van der Waals surface area (Å²) in [5.74, 6) is -0.243. The van der Waals surface area contributed by atoms with Gasteiger partial charge in [-0.15, -0.1) is 36.2 Å². The molecular weight excluding hydrogens is 402 g/mol. The number of rotatable bonds is 5. The van der Waals surface area contributed by atoms with Gasteiger partial charge < -0.3 is 16.8 Å². The Morgan fingerprint density at radius 1 is 1.30 bits per heavy atom. The zero-order valence-corrected chi connectivity index (χ0v) is 15.8. The second-order valence-corrected chi connectivity index (χ2v) is 6.40. The number of nitrogens with one attached hydrogen (secondary N) is 1. The van der Waals surface area contributed by atoms with Crippen LogP contribution in [0.2, 0.25) is 10.0 Å². The van der Waals surface area contributed by atoms with Crippen LogP contribution < -0.4 is 16.8 Å². The van der Waals surface area contributed by atoms with Crippen molar-refractivity contribution in [2.75, 3.05) is 5.73 Å². The van der Waals surface area contributed by atoms with E-state index < -0.39 is 6.04 Å². The van der Waals surface area contributed by atoms with Crippen molar-refractivity contribution >= 4 is 70.4 Å². The van der Waals surface area contributed by atoms with Crippen molar-refractivity contribution in [2.24, 2.45) is 5.73 Å². The Bertz CT molecular complexity index is 653. The number of carbonyl (C=O) groups excluding carboxylic acids is 1. The Kier molecular flexibility index (Phi) is 9.84. The van der Waals surface area contributed by atoms with Gasteiger partial charge in [0.05, 0.1) is 22.6 Å². The molecule has 5 N–H and O–H groups in total. The number of halogens is 4. The van der Waals surface area contributed by atoms with E-state index >= 15 is 0 Å². The lowest BCUT2D eigenvalue weighted by molar-refractivity contribution is -0.122. The first-order chi connectivity index (χ1) is 9.95. The minimum absolute atomic E-state index is 0. The largest absolute Gasteiger partial charge is 0.375 e. The number of nitrogens with zero attached hydrogens (tertiary/aromatic N) is 1. The van der Waals surface area contributed by atoms with Crippen molar-refractivity contribution in [2.45, 2.75) is 19.0 Å². The van der Waals surface area contributed by atoms with E-state index in [4.69, 9.17) is 34.7 Å². The zero-order valence-electron chi connectivity index (χ0n) is 11.8. The van der Waals surface area contributed by atoms with E-state index in [0.717, 1.165) is 10.4 Å². The smallest absolute Gasteiger partial charge is 0.237 e. The van der Waals surface area contributed by atoms with Crippen LogP contribution in [0.1, 0.15) is 10.4 Å². The van der Waals surface area contributed by atoms with Gasteiger partial charge in [0.15, 0.2) is 5.13 Å². The van der Waals surface area contributed by atoms with E-state index in [2.05, 4.69) is 10.3 Å². The molecule has 0 aliphatic rings. The summed E-state index contributed by atoms with van der Waals surface area (Å²) in [6.07, 6.45) is 2.01. The van der Waals surface area contributed by atoms with E-state index in [-0.39, 0.29) is 30.7 Å². The molecule has 128 valence electrons. The van der Waals surface area contributed by atoms with E-state index in [1.54, 1.807) is 24.4 Å². The maximum absolute atomic E-state index is 11.9. The van der Waals surface area contributed by atoms with Crippen molar-refractivity contribution in [3.05, 3.63) is 44.9 Å². The molecule has 1 aromatic carbocycles. The number of anilines is 1. The number of hydrogen-bond acceptors (Lipinski definition) is 5. The Morgan fingerprint density at radius 3 is 2.57 bits per heavy atom. The number of amides is 1. The Labute approximate surface area is 160 Å². The lowest BCUT2D eigenvalue weighted by Gasteiger charge is -2.12. The normalized spacial score (nSPS) is 11.1. The highest BCUT2D eigenvalue weighted by Crippen LogP contribution is 2.23. The molecule has 2 rings (SSSR count). The topological polar surface area (TPSA) is 94.0 Å². The summed E-state index contributed by atoms with van der Waals surface area (Å²) in [5, 5.41) is 4.14. The zero-order chi connectivity index (χ0) is 15.4. The Hall–Kier alpha value is -0.760. The van der Waals surface area contributed by atoms with Gasteiger partial charge in [-0.1, -0.05) is 29.3 Å². The molecule has 2 aromatic rings. The number of hydrogen-bond donors (Lipinski definition) is 3. The van der Waals surface area contributed by atoms with Crippen molar-refractivity contribution in [3.8, 4) is 0 Å². The molecule has 0 aliphatic heterocycles. The maximum atomic E-state index is 11.9. The molecular formula is C13H16Cl4N4OS. The fraction of sp³-hybridized carbons (Fsp3) is 0.231. The van der Waals surface area contributed by atoms with Crippen LogP contribution in [0, 0.1) is 0 Å². The highest BCUT2D eigenvalue weighted by atomic mass is 35.5.